The van der Waals surface area contributed by atoms with Gasteiger partial charge in [-0.1, -0.05) is 42.5 Å². The van der Waals surface area contributed by atoms with Gasteiger partial charge < -0.3 is 9.73 Å². The highest BCUT2D eigenvalue weighted by Crippen LogP contribution is 2.20. The Bertz CT molecular complexity index is 794. The molecule has 1 aromatic heterocycles. The molecule has 0 saturated heterocycles. The van der Waals surface area contributed by atoms with Crippen molar-refractivity contribution in [1.29, 1.82) is 0 Å². The zero-order chi connectivity index (χ0) is 17.6. The highest BCUT2D eigenvalue weighted by atomic mass is 16.3. The van der Waals surface area contributed by atoms with Gasteiger partial charge >= 0.3 is 0 Å². The van der Waals surface area contributed by atoms with Crippen LogP contribution in [0.2, 0.25) is 0 Å². The van der Waals surface area contributed by atoms with Gasteiger partial charge in [-0.25, -0.2) is 0 Å². The van der Waals surface area contributed by atoms with Gasteiger partial charge in [-0.15, -0.1) is 0 Å². The van der Waals surface area contributed by atoms with E-state index in [1.807, 2.05) is 73.6 Å². The minimum atomic E-state index is -0.0852. The standard InChI is InChI=1S/C21H22N2O2/c1-23(2)19(20-9-6-14-25-20)15-22-21(24)18-12-10-17(11-13-18)16-7-4-3-5-8-16/h3-14,19H,15H2,1-2H3,(H,22,24). The van der Waals surface area contributed by atoms with E-state index in [0.717, 1.165) is 16.9 Å². The van der Waals surface area contributed by atoms with Crippen LogP contribution in [0.25, 0.3) is 11.1 Å². The lowest BCUT2D eigenvalue weighted by atomic mass is 10.0. The topological polar surface area (TPSA) is 45.5 Å². The van der Waals surface area contributed by atoms with Gasteiger partial charge in [0.05, 0.1) is 12.3 Å². The largest absolute Gasteiger partial charge is 0.468 e. The van der Waals surface area contributed by atoms with Crippen LogP contribution in [0.4, 0.5) is 0 Å². The Kier molecular flexibility index (Phi) is 5.31. The maximum atomic E-state index is 12.4. The Balaban J connectivity index is 1.65. The Morgan fingerprint density at radius 3 is 2.24 bits per heavy atom. The third kappa shape index (κ3) is 4.17. The summed E-state index contributed by atoms with van der Waals surface area (Å²) in [5.74, 6) is 0.753. The van der Waals surface area contributed by atoms with Crippen LogP contribution < -0.4 is 5.32 Å². The molecule has 3 aromatic rings. The van der Waals surface area contributed by atoms with E-state index >= 15 is 0 Å². The summed E-state index contributed by atoms with van der Waals surface area (Å²) < 4.78 is 5.47. The van der Waals surface area contributed by atoms with Crippen molar-refractivity contribution in [1.82, 2.24) is 10.2 Å². The van der Waals surface area contributed by atoms with Gasteiger partial charge in [0.2, 0.25) is 0 Å². The molecular weight excluding hydrogens is 312 g/mol. The summed E-state index contributed by atoms with van der Waals surface area (Å²) in [6.07, 6.45) is 1.65. The van der Waals surface area contributed by atoms with Crippen LogP contribution in [0.5, 0.6) is 0 Å². The third-order valence-electron chi connectivity index (χ3n) is 4.21. The third-order valence-corrected chi connectivity index (χ3v) is 4.21. The van der Waals surface area contributed by atoms with Crippen molar-refractivity contribution in [3.05, 3.63) is 84.3 Å². The molecule has 1 amide bonds. The van der Waals surface area contributed by atoms with E-state index in [2.05, 4.69) is 17.4 Å². The first-order valence-electron chi connectivity index (χ1n) is 8.28. The smallest absolute Gasteiger partial charge is 0.251 e. The average Bonchev–Trinajstić information content (AvgIpc) is 3.16. The predicted octanol–water partition coefficient (Wildman–Crippen LogP) is 3.98. The van der Waals surface area contributed by atoms with Crippen LogP contribution in [0.3, 0.4) is 0 Å². The number of rotatable bonds is 6. The number of likely N-dealkylation sites (N-methyl/N-ethyl adjacent to an activating group) is 1. The maximum absolute atomic E-state index is 12.4. The monoisotopic (exact) mass is 334 g/mol. The van der Waals surface area contributed by atoms with Crippen LogP contribution in [-0.2, 0) is 0 Å². The second-order valence-electron chi connectivity index (χ2n) is 6.15. The van der Waals surface area contributed by atoms with Gasteiger partial charge in [-0.05, 0) is 49.5 Å². The van der Waals surface area contributed by atoms with Gasteiger partial charge in [0.15, 0.2) is 0 Å². The van der Waals surface area contributed by atoms with Crippen molar-refractivity contribution >= 4 is 5.91 Å². The minimum Gasteiger partial charge on any atom is -0.468 e. The molecular formula is C21H22N2O2. The molecule has 0 bridgehead atoms. The predicted molar refractivity (Wildman–Crippen MR) is 99.3 cm³/mol. The molecule has 25 heavy (non-hydrogen) atoms. The normalized spacial score (nSPS) is 12.1. The van der Waals surface area contributed by atoms with Crippen LogP contribution in [0.15, 0.2) is 77.4 Å². The number of furan rings is 1. The molecule has 4 heteroatoms. The first-order valence-corrected chi connectivity index (χ1v) is 8.28. The Morgan fingerprint density at radius 1 is 0.960 bits per heavy atom. The van der Waals surface area contributed by atoms with E-state index < -0.39 is 0 Å². The van der Waals surface area contributed by atoms with E-state index in [9.17, 15) is 4.79 Å². The van der Waals surface area contributed by atoms with Gasteiger partial charge in [-0.2, -0.15) is 0 Å². The van der Waals surface area contributed by atoms with Crippen LogP contribution >= 0.6 is 0 Å². The average molecular weight is 334 g/mol. The fourth-order valence-electron chi connectivity index (χ4n) is 2.75. The maximum Gasteiger partial charge on any atom is 0.251 e. The molecule has 1 unspecified atom stereocenters. The second-order valence-corrected chi connectivity index (χ2v) is 6.15. The Hall–Kier alpha value is -2.85. The summed E-state index contributed by atoms with van der Waals surface area (Å²) in [7, 11) is 3.93. The zero-order valence-corrected chi connectivity index (χ0v) is 14.5. The number of carbonyl (C=O) groups excluding carboxylic acids is 1. The number of amides is 1. The molecule has 0 saturated carbocycles. The van der Waals surface area contributed by atoms with Crippen molar-refractivity contribution in [3.8, 4) is 11.1 Å². The number of nitrogens with zero attached hydrogens (tertiary/aromatic N) is 1. The van der Waals surface area contributed by atoms with E-state index in [0.29, 0.717) is 12.1 Å². The van der Waals surface area contributed by atoms with Gasteiger partial charge in [0.1, 0.15) is 5.76 Å². The van der Waals surface area contributed by atoms with Crippen molar-refractivity contribution < 1.29 is 9.21 Å². The lowest BCUT2D eigenvalue weighted by Crippen LogP contribution is -2.34. The molecule has 1 N–H and O–H groups in total. The molecule has 2 aromatic carbocycles. The summed E-state index contributed by atoms with van der Waals surface area (Å²) in [5, 5.41) is 2.99. The van der Waals surface area contributed by atoms with Gasteiger partial charge in [0.25, 0.3) is 5.91 Å². The molecule has 4 nitrogen and oxygen atoms in total. The molecule has 1 heterocycles. The minimum absolute atomic E-state index is 0.00235. The van der Waals surface area contributed by atoms with Crippen molar-refractivity contribution in [2.75, 3.05) is 20.6 Å². The van der Waals surface area contributed by atoms with E-state index in [4.69, 9.17) is 4.42 Å². The van der Waals surface area contributed by atoms with Crippen LogP contribution in [0, 0.1) is 0 Å². The highest BCUT2D eigenvalue weighted by Gasteiger charge is 2.18. The van der Waals surface area contributed by atoms with E-state index in [-0.39, 0.29) is 11.9 Å². The fourth-order valence-corrected chi connectivity index (χ4v) is 2.75. The molecule has 3 rings (SSSR count). The first-order chi connectivity index (χ1) is 12.1. The summed E-state index contributed by atoms with van der Waals surface area (Å²) in [4.78, 5) is 14.5. The SMILES string of the molecule is CN(C)C(CNC(=O)c1ccc(-c2ccccc2)cc1)c1ccco1. The van der Waals surface area contributed by atoms with Gasteiger partial charge in [0, 0.05) is 12.1 Å². The van der Waals surface area contributed by atoms with Crippen molar-refractivity contribution in [2.45, 2.75) is 6.04 Å². The summed E-state index contributed by atoms with van der Waals surface area (Å²) in [6, 6.07) is 21.6. The quantitative estimate of drug-likeness (QED) is 0.742. The Labute approximate surface area is 148 Å². The summed E-state index contributed by atoms with van der Waals surface area (Å²) >= 11 is 0. The molecule has 0 aliphatic heterocycles. The first kappa shape index (κ1) is 17.0. The zero-order valence-electron chi connectivity index (χ0n) is 14.5. The van der Waals surface area contributed by atoms with E-state index in [1.54, 1.807) is 6.26 Å². The second kappa shape index (κ2) is 7.81. The number of benzene rings is 2. The molecule has 1 atom stereocenters. The van der Waals surface area contributed by atoms with Gasteiger partial charge in [-0.3, -0.25) is 9.69 Å². The molecule has 128 valence electrons. The van der Waals surface area contributed by atoms with Crippen LogP contribution in [-0.4, -0.2) is 31.4 Å². The lowest BCUT2D eigenvalue weighted by molar-refractivity contribution is 0.0939. The van der Waals surface area contributed by atoms with E-state index in [1.165, 1.54) is 0 Å². The summed E-state index contributed by atoms with van der Waals surface area (Å²) in [5.41, 5.74) is 2.88. The number of nitrogens with one attached hydrogen (secondary N) is 1. The Morgan fingerprint density at radius 2 is 1.64 bits per heavy atom. The van der Waals surface area contributed by atoms with Crippen molar-refractivity contribution in [2.24, 2.45) is 0 Å². The number of hydrogen-bond donors (Lipinski definition) is 1. The molecule has 0 spiro atoms. The number of carbonyl (C=O) groups is 1. The summed E-state index contributed by atoms with van der Waals surface area (Å²) in [6.45, 7) is 0.486. The molecule has 0 aliphatic carbocycles. The van der Waals surface area contributed by atoms with Crippen molar-refractivity contribution in [3.63, 3.8) is 0 Å². The van der Waals surface area contributed by atoms with Crippen LogP contribution in [0.1, 0.15) is 22.2 Å². The highest BCUT2D eigenvalue weighted by molar-refractivity contribution is 5.94. The number of hydrogen-bond acceptors (Lipinski definition) is 3. The molecule has 0 fully saturated rings. The fraction of sp³-hybridized carbons (Fsp3) is 0.190. The molecule has 0 aliphatic rings. The lowest BCUT2D eigenvalue weighted by Gasteiger charge is -2.22. The molecule has 0 radical (unpaired) electrons.